The molecule has 2 atom stereocenters. The minimum absolute atomic E-state index is 0. The van der Waals surface area contributed by atoms with Gasteiger partial charge >= 0.3 is 0 Å². The number of aliphatic imine (C=N–C) groups is 1. The zero-order valence-electron chi connectivity index (χ0n) is 13.5. The van der Waals surface area contributed by atoms with Crippen LogP contribution in [0.5, 0.6) is 0 Å². The number of guanidine groups is 1. The molecule has 0 radical (unpaired) electrons. The number of rotatable bonds is 7. The van der Waals surface area contributed by atoms with Crippen LogP contribution in [0.25, 0.3) is 0 Å². The van der Waals surface area contributed by atoms with Crippen molar-refractivity contribution in [2.45, 2.75) is 25.9 Å². The lowest BCUT2D eigenvalue weighted by Gasteiger charge is -2.24. The number of hydrogen-bond acceptors (Lipinski definition) is 5. The number of para-hydroxylation sites is 1. The molecule has 1 aromatic carbocycles. The van der Waals surface area contributed by atoms with Gasteiger partial charge in [-0.25, -0.2) is 0 Å². The van der Waals surface area contributed by atoms with Crippen molar-refractivity contribution in [2.75, 3.05) is 32.1 Å². The molecule has 5 nitrogen and oxygen atoms in total. The van der Waals surface area contributed by atoms with Crippen LogP contribution in [0.4, 0.5) is 5.69 Å². The summed E-state index contributed by atoms with van der Waals surface area (Å²) in [5.41, 5.74) is 1.15. The second-order valence-corrected chi connectivity index (χ2v) is 5.73. The largest absolute Gasteiger partial charge is 0.382 e. The molecule has 22 heavy (non-hydrogen) atoms. The van der Waals surface area contributed by atoms with E-state index in [2.05, 4.69) is 46.9 Å². The number of nitrogens with zero attached hydrogens (tertiary/aromatic N) is 1. The fraction of sp³-hybridized carbons (Fsp3) is 0.562. The lowest BCUT2D eigenvalue weighted by Crippen LogP contribution is -2.46. The van der Waals surface area contributed by atoms with Gasteiger partial charge in [0.25, 0.3) is 0 Å². The van der Waals surface area contributed by atoms with E-state index in [1.807, 2.05) is 18.2 Å². The van der Waals surface area contributed by atoms with Crippen LogP contribution in [-0.4, -0.2) is 44.8 Å². The summed E-state index contributed by atoms with van der Waals surface area (Å²) in [6.07, 6.45) is 0. The molecule has 124 valence electrons. The van der Waals surface area contributed by atoms with Gasteiger partial charge in [0.1, 0.15) is 0 Å². The molecule has 3 N–H and O–H groups in total. The number of nitrogens with one attached hydrogen (secondary N) is 3. The third-order valence-corrected chi connectivity index (χ3v) is 3.60. The zero-order valence-corrected chi connectivity index (χ0v) is 15.8. The van der Waals surface area contributed by atoms with Gasteiger partial charge in [0.05, 0.1) is 19.2 Å². The maximum Gasteiger partial charge on any atom is 0.191 e. The van der Waals surface area contributed by atoms with E-state index in [-0.39, 0.29) is 30.0 Å². The number of hydrogen-bond donors (Lipinski definition) is 3. The van der Waals surface area contributed by atoms with Gasteiger partial charge in [-0.05, 0) is 18.1 Å². The Labute approximate surface area is 150 Å². The molecule has 6 heteroatoms. The molecule has 1 aromatic rings. The quantitative estimate of drug-likeness (QED) is 0.595. The minimum Gasteiger partial charge on any atom is -0.382 e. The molecule has 0 spiro atoms. The van der Waals surface area contributed by atoms with Crippen molar-refractivity contribution in [2.24, 2.45) is 10.9 Å². The highest BCUT2D eigenvalue weighted by Crippen LogP contribution is 2.11. The molecule has 2 rings (SSSR count). The van der Waals surface area contributed by atoms with E-state index in [1.165, 1.54) is 0 Å². The van der Waals surface area contributed by atoms with Gasteiger partial charge < -0.3 is 20.7 Å². The Bertz CT molecular complexity index is 453. The van der Waals surface area contributed by atoms with Crippen molar-refractivity contribution in [1.82, 2.24) is 10.6 Å². The van der Waals surface area contributed by atoms with Crippen LogP contribution < -0.4 is 16.0 Å². The van der Waals surface area contributed by atoms with Crippen molar-refractivity contribution >= 4 is 35.6 Å². The standard InChI is InChI=1S/C16H26N4O.HI/c1-12(2)15(19-13-7-5-4-6-8-13)10-18-16-17-9-14(20-16)11-21-3;/h4-8,12,14-15,19H,9-11H2,1-3H3,(H2,17,18,20);1H. The van der Waals surface area contributed by atoms with E-state index in [9.17, 15) is 0 Å². The number of anilines is 1. The minimum atomic E-state index is 0. The third kappa shape index (κ3) is 6.00. The highest BCUT2D eigenvalue weighted by molar-refractivity contribution is 14.0. The summed E-state index contributed by atoms with van der Waals surface area (Å²) in [5.74, 6) is 1.40. The summed E-state index contributed by atoms with van der Waals surface area (Å²) in [6.45, 7) is 6.73. The molecule has 2 unspecified atom stereocenters. The highest BCUT2D eigenvalue weighted by atomic mass is 127. The first-order chi connectivity index (χ1) is 10.2. The van der Waals surface area contributed by atoms with Crippen molar-refractivity contribution in [3.63, 3.8) is 0 Å². The van der Waals surface area contributed by atoms with Crippen LogP contribution in [0.3, 0.4) is 0 Å². The third-order valence-electron chi connectivity index (χ3n) is 3.60. The van der Waals surface area contributed by atoms with Crippen LogP contribution in [0, 0.1) is 5.92 Å². The van der Waals surface area contributed by atoms with E-state index in [0.29, 0.717) is 18.6 Å². The Morgan fingerprint density at radius 1 is 1.32 bits per heavy atom. The number of methoxy groups -OCH3 is 1. The average molecular weight is 418 g/mol. The average Bonchev–Trinajstić information content (AvgIpc) is 2.92. The predicted octanol–water partition coefficient (Wildman–Crippen LogP) is 2.30. The molecule has 0 aromatic heterocycles. The topological polar surface area (TPSA) is 57.7 Å². The van der Waals surface area contributed by atoms with Crippen LogP contribution in [0.1, 0.15) is 13.8 Å². The van der Waals surface area contributed by atoms with Crippen LogP contribution in [0.2, 0.25) is 0 Å². The van der Waals surface area contributed by atoms with Gasteiger partial charge in [-0.2, -0.15) is 0 Å². The van der Waals surface area contributed by atoms with Gasteiger partial charge in [-0.15, -0.1) is 24.0 Å². The number of ether oxygens (including phenoxy) is 1. The molecule has 1 heterocycles. The maximum absolute atomic E-state index is 5.14. The lowest BCUT2D eigenvalue weighted by atomic mass is 10.0. The number of halogens is 1. The molecule has 0 fully saturated rings. The lowest BCUT2D eigenvalue weighted by molar-refractivity contribution is 0.178. The van der Waals surface area contributed by atoms with Crippen molar-refractivity contribution in [1.29, 1.82) is 0 Å². The first kappa shape index (κ1) is 19.0. The van der Waals surface area contributed by atoms with Gasteiger partial charge in [0, 0.05) is 25.4 Å². The zero-order chi connectivity index (χ0) is 15.1. The maximum atomic E-state index is 5.14. The predicted molar refractivity (Wildman–Crippen MR) is 103 cm³/mol. The van der Waals surface area contributed by atoms with E-state index in [0.717, 1.165) is 24.7 Å². The van der Waals surface area contributed by atoms with Gasteiger partial charge in [0.15, 0.2) is 5.96 Å². The summed E-state index contributed by atoms with van der Waals surface area (Å²) in [4.78, 5) is 4.46. The summed E-state index contributed by atoms with van der Waals surface area (Å²) >= 11 is 0. The summed E-state index contributed by atoms with van der Waals surface area (Å²) < 4.78 is 5.14. The highest BCUT2D eigenvalue weighted by Gasteiger charge is 2.19. The second-order valence-electron chi connectivity index (χ2n) is 5.73. The van der Waals surface area contributed by atoms with E-state index >= 15 is 0 Å². The second kappa shape index (κ2) is 9.89. The Morgan fingerprint density at radius 2 is 2.05 bits per heavy atom. The van der Waals surface area contributed by atoms with Crippen LogP contribution in [0.15, 0.2) is 35.3 Å². The van der Waals surface area contributed by atoms with Crippen LogP contribution >= 0.6 is 24.0 Å². The van der Waals surface area contributed by atoms with Crippen LogP contribution in [-0.2, 0) is 4.74 Å². The first-order valence-corrected chi connectivity index (χ1v) is 7.54. The molecular formula is C16H27IN4O. The molecule has 0 saturated heterocycles. The fourth-order valence-corrected chi connectivity index (χ4v) is 2.30. The van der Waals surface area contributed by atoms with Crippen molar-refractivity contribution in [3.05, 3.63) is 30.3 Å². The first-order valence-electron chi connectivity index (χ1n) is 7.54. The van der Waals surface area contributed by atoms with Crippen molar-refractivity contribution < 1.29 is 4.74 Å². The summed E-state index contributed by atoms with van der Waals surface area (Å²) in [6, 6.07) is 10.9. The van der Waals surface area contributed by atoms with E-state index in [4.69, 9.17) is 4.74 Å². The van der Waals surface area contributed by atoms with E-state index < -0.39 is 0 Å². The molecule has 0 aliphatic carbocycles. The van der Waals surface area contributed by atoms with Gasteiger partial charge in [0.2, 0.25) is 0 Å². The molecule has 1 aliphatic rings. The van der Waals surface area contributed by atoms with Gasteiger partial charge in [-0.1, -0.05) is 32.0 Å². The normalized spacial score (nSPS) is 18.2. The SMILES string of the molecule is COCC1CN=C(NCC(Nc2ccccc2)C(C)C)N1.I. The molecule has 0 amide bonds. The monoisotopic (exact) mass is 418 g/mol. The summed E-state index contributed by atoms with van der Waals surface area (Å²) in [5, 5.41) is 10.3. The van der Waals surface area contributed by atoms with E-state index in [1.54, 1.807) is 7.11 Å². The molecule has 1 aliphatic heterocycles. The van der Waals surface area contributed by atoms with Crippen molar-refractivity contribution in [3.8, 4) is 0 Å². The fourth-order valence-electron chi connectivity index (χ4n) is 2.30. The van der Waals surface area contributed by atoms with Gasteiger partial charge in [-0.3, -0.25) is 4.99 Å². The summed E-state index contributed by atoms with van der Waals surface area (Å²) in [7, 11) is 1.71. The number of benzene rings is 1. The molecule has 0 saturated carbocycles. The Kier molecular flexibility index (Phi) is 8.55. The molecule has 0 bridgehead atoms. The molecular weight excluding hydrogens is 391 g/mol. The Morgan fingerprint density at radius 3 is 2.68 bits per heavy atom. The Hall–Kier alpha value is -1.02. The smallest absolute Gasteiger partial charge is 0.191 e. The Balaban J connectivity index is 0.00000242.